The molecule has 6 nitrogen and oxygen atoms in total. The molecule has 2 amide bonds. The highest BCUT2D eigenvalue weighted by atomic mass is 16.2. The number of hydrogen-bond donors (Lipinski definition) is 1. The topological polar surface area (TPSA) is 55.9 Å². The van der Waals surface area contributed by atoms with Gasteiger partial charge in [-0.1, -0.05) is 87.2 Å². The Kier molecular flexibility index (Phi) is 14.8. The number of nitrogens with zero attached hydrogens (tertiary/aromatic N) is 3. The Labute approximate surface area is 206 Å². The number of carbonyl (C=O) groups excluding carboxylic acids is 2. The minimum Gasteiger partial charge on any atom is -0.339 e. The second kappa shape index (κ2) is 17.4. The van der Waals surface area contributed by atoms with E-state index in [0.717, 1.165) is 25.8 Å². The summed E-state index contributed by atoms with van der Waals surface area (Å²) in [5.41, 5.74) is 4.19. The van der Waals surface area contributed by atoms with E-state index < -0.39 is 0 Å². The standard InChI is InChI=1S/C20H30N4O2.C6H6.C2H6/c1-4-21-22(3)15-20(26)24-16-19(25)23(14-17(24)2)13-9-8-12-18-10-6-5-7-11-18;1-2-4-6-5-3-1;1-2/h4-7,10-11,17,21H,1,8-9,12-16H2,2-3H3;1-6H;1-2H3. The lowest BCUT2D eigenvalue weighted by Gasteiger charge is -2.40. The summed E-state index contributed by atoms with van der Waals surface area (Å²) in [6.45, 7) is 11.3. The van der Waals surface area contributed by atoms with Crippen molar-refractivity contribution in [2.45, 2.75) is 46.1 Å². The van der Waals surface area contributed by atoms with Gasteiger partial charge in [-0.15, -0.1) is 0 Å². The van der Waals surface area contributed by atoms with Crippen molar-refractivity contribution in [3.63, 3.8) is 0 Å². The van der Waals surface area contributed by atoms with E-state index in [4.69, 9.17) is 0 Å². The van der Waals surface area contributed by atoms with Crippen molar-refractivity contribution in [1.82, 2.24) is 20.2 Å². The van der Waals surface area contributed by atoms with Crippen LogP contribution in [0.25, 0.3) is 0 Å². The third-order valence-electron chi connectivity index (χ3n) is 5.33. The Balaban J connectivity index is 0.000000615. The average molecular weight is 467 g/mol. The van der Waals surface area contributed by atoms with Crippen molar-refractivity contribution < 1.29 is 9.59 Å². The highest BCUT2D eigenvalue weighted by Gasteiger charge is 2.32. The van der Waals surface area contributed by atoms with Crippen LogP contribution in [-0.2, 0) is 16.0 Å². The predicted octanol–water partition coefficient (Wildman–Crippen LogP) is 4.36. The summed E-state index contributed by atoms with van der Waals surface area (Å²) in [6, 6.07) is 22.4. The zero-order chi connectivity index (χ0) is 25.2. The summed E-state index contributed by atoms with van der Waals surface area (Å²) in [4.78, 5) is 28.4. The lowest BCUT2D eigenvalue weighted by Crippen LogP contribution is -2.58. The molecular formula is C28H42N4O2. The molecular weight excluding hydrogens is 424 g/mol. The van der Waals surface area contributed by atoms with Crippen LogP contribution in [0.3, 0.4) is 0 Å². The van der Waals surface area contributed by atoms with E-state index in [1.807, 2.05) is 68.1 Å². The summed E-state index contributed by atoms with van der Waals surface area (Å²) in [6.07, 6.45) is 4.59. The molecule has 0 bridgehead atoms. The zero-order valence-corrected chi connectivity index (χ0v) is 21.3. The quantitative estimate of drug-likeness (QED) is 0.441. The van der Waals surface area contributed by atoms with Crippen LogP contribution >= 0.6 is 0 Å². The molecule has 0 spiro atoms. The maximum absolute atomic E-state index is 12.4. The molecule has 1 aliphatic rings. The molecule has 3 rings (SSSR count). The number of likely N-dealkylation sites (N-methyl/N-ethyl adjacent to an activating group) is 1. The van der Waals surface area contributed by atoms with Crippen LogP contribution < -0.4 is 5.43 Å². The Bertz CT molecular complexity index is 787. The van der Waals surface area contributed by atoms with Gasteiger partial charge in [0.15, 0.2) is 0 Å². The molecule has 1 fully saturated rings. The molecule has 6 heteroatoms. The van der Waals surface area contributed by atoms with E-state index in [-0.39, 0.29) is 30.9 Å². The van der Waals surface area contributed by atoms with Gasteiger partial charge in [-0.3, -0.25) is 9.59 Å². The highest BCUT2D eigenvalue weighted by Crippen LogP contribution is 2.13. The zero-order valence-electron chi connectivity index (χ0n) is 21.3. The van der Waals surface area contributed by atoms with Gasteiger partial charge in [0.25, 0.3) is 0 Å². The number of unbranched alkanes of at least 4 members (excludes halogenated alkanes) is 1. The van der Waals surface area contributed by atoms with Crippen molar-refractivity contribution in [3.8, 4) is 0 Å². The van der Waals surface area contributed by atoms with Gasteiger partial charge in [0.2, 0.25) is 11.8 Å². The van der Waals surface area contributed by atoms with Crippen LogP contribution in [0.1, 0.15) is 39.2 Å². The Hall–Kier alpha value is -3.12. The van der Waals surface area contributed by atoms with Crippen molar-refractivity contribution in [2.75, 3.05) is 33.2 Å². The molecule has 0 saturated carbocycles. The summed E-state index contributed by atoms with van der Waals surface area (Å²) < 4.78 is 0. The second-order valence-electron chi connectivity index (χ2n) is 8.00. The number of carbonyl (C=O) groups is 2. The first-order chi connectivity index (χ1) is 16.5. The predicted molar refractivity (Wildman–Crippen MR) is 141 cm³/mol. The first-order valence-corrected chi connectivity index (χ1v) is 12.2. The number of nitrogens with one attached hydrogen (secondary N) is 1. The van der Waals surface area contributed by atoms with Crippen LogP contribution in [-0.4, -0.2) is 65.9 Å². The maximum Gasteiger partial charge on any atom is 0.242 e. The van der Waals surface area contributed by atoms with E-state index >= 15 is 0 Å². The summed E-state index contributed by atoms with van der Waals surface area (Å²) in [5, 5.41) is 1.66. The Morgan fingerprint density at radius 2 is 1.62 bits per heavy atom. The van der Waals surface area contributed by atoms with Crippen LogP contribution in [0.4, 0.5) is 0 Å². The van der Waals surface area contributed by atoms with Gasteiger partial charge in [-0.05, 0) is 31.7 Å². The van der Waals surface area contributed by atoms with Crippen LogP contribution in [0, 0.1) is 0 Å². The molecule has 34 heavy (non-hydrogen) atoms. The molecule has 0 radical (unpaired) electrons. The van der Waals surface area contributed by atoms with Crippen LogP contribution in [0.5, 0.6) is 0 Å². The Morgan fingerprint density at radius 1 is 1.06 bits per heavy atom. The first kappa shape index (κ1) is 28.9. The van der Waals surface area contributed by atoms with Crippen molar-refractivity contribution >= 4 is 11.8 Å². The lowest BCUT2D eigenvalue weighted by atomic mass is 10.1. The van der Waals surface area contributed by atoms with Gasteiger partial charge in [0, 0.05) is 32.4 Å². The summed E-state index contributed by atoms with van der Waals surface area (Å²) in [5.74, 6) is -0.0121. The molecule has 2 aromatic carbocycles. The second-order valence-corrected chi connectivity index (χ2v) is 8.00. The van der Waals surface area contributed by atoms with Gasteiger partial charge in [-0.25, -0.2) is 5.01 Å². The van der Waals surface area contributed by atoms with Crippen LogP contribution in [0.2, 0.25) is 0 Å². The van der Waals surface area contributed by atoms with Gasteiger partial charge in [0.05, 0.1) is 6.54 Å². The minimum absolute atomic E-state index is 0.0338. The first-order valence-electron chi connectivity index (χ1n) is 12.2. The molecule has 1 atom stereocenters. The van der Waals surface area contributed by atoms with E-state index in [2.05, 4.69) is 36.3 Å². The number of piperazine rings is 1. The van der Waals surface area contributed by atoms with E-state index in [1.54, 1.807) is 17.0 Å². The molecule has 186 valence electrons. The number of rotatable bonds is 9. The summed E-state index contributed by atoms with van der Waals surface area (Å²) in [7, 11) is 1.77. The normalized spacial score (nSPS) is 15.0. The number of hydrogen-bond acceptors (Lipinski definition) is 4. The molecule has 0 aromatic heterocycles. The molecule has 1 unspecified atom stereocenters. The average Bonchev–Trinajstić information content (AvgIpc) is 2.87. The van der Waals surface area contributed by atoms with E-state index in [9.17, 15) is 9.59 Å². The van der Waals surface area contributed by atoms with Gasteiger partial charge < -0.3 is 15.2 Å². The van der Waals surface area contributed by atoms with Crippen molar-refractivity contribution in [1.29, 1.82) is 0 Å². The van der Waals surface area contributed by atoms with Gasteiger partial charge >= 0.3 is 0 Å². The number of amides is 2. The fraction of sp³-hybridized carbons (Fsp3) is 0.429. The monoisotopic (exact) mass is 466 g/mol. The van der Waals surface area contributed by atoms with Crippen molar-refractivity contribution in [3.05, 3.63) is 85.1 Å². The van der Waals surface area contributed by atoms with Crippen LogP contribution in [0.15, 0.2) is 79.5 Å². The smallest absolute Gasteiger partial charge is 0.242 e. The Morgan fingerprint density at radius 3 is 2.18 bits per heavy atom. The molecule has 0 aliphatic carbocycles. The van der Waals surface area contributed by atoms with E-state index in [1.165, 1.54) is 11.8 Å². The highest BCUT2D eigenvalue weighted by molar-refractivity contribution is 5.87. The summed E-state index contributed by atoms with van der Waals surface area (Å²) >= 11 is 0. The third-order valence-corrected chi connectivity index (χ3v) is 5.33. The molecule has 2 aromatic rings. The van der Waals surface area contributed by atoms with Gasteiger partial charge in [0.1, 0.15) is 6.54 Å². The fourth-order valence-electron chi connectivity index (χ4n) is 3.63. The lowest BCUT2D eigenvalue weighted by molar-refractivity contribution is -0.149. The molecule has 1 heterocycles. The molecule has 1 N–H and O–H groups in total. The van der Waals surface area contributed by atoms with Crippen molar-refractivity contribution in [2.24, 2.45) is 0 Å². The molecule has 1 saturated heterocycles. The minimum atomic E-state index is -0.0496. The largest absolute Gasteiger partial charge is 0.339 e. The van der Waals surface area contributed by atoms with E-state index in [0.29, 0.717) is 6.54 Å². The third kappa shape index (κ3) is 11.1. The fourth-order valence-corrected chi connectivity index (χ4v) is 3.63. The maximum atomic E-state index is 12.4. The SMILES string of the molecule is C=CNN(C)CC(=O)N1CC(=O)N(CCCCc2ccccc2)CC1C.CC.c1ccccc1. The van der Waals surface area contributed by atoms with Gasteiger partial charge in [-0.2, -0.15) is 0 Å². The number of hydrazine groups is 1. The molecule has 1 aliphatic heterocycles. The number of aryl methyl sites for hydroxylation is 1. The number of benzene rings is 2.